The first kappa shape index (κ1) is 11.4. The summed E-state index contributed by atoms with van der Waals surface area (Å²) in [6.45, 7) is 0.598. The molecule has 1 amide bonds. The minimum atomic E-state index is -0.0477. The Morgan fingerprint density at radius 2 is 2.24 bits per heavy atom. The molecular weight excluding hydrogens is 214 g/mol. The lowest BCUT2D eigenvalue weighted by Gasteiger charge is -2.05. The molecule has 1 N–H and O–H groups in total. The number of aromatic nitrogens is 2. The molecule has 0 bridgehead atoms. The van der Waals surface area contributed by atoms with Crippen molar-refractivity contribution in [3.8, 4) is 0 Å². The summed E-state index contributed by atoms with van der Waals surface area (Å²) < 4.78 is 1.80. The van der Waals surface area contributed by atoms with Crippen LogP contribution in [-0.2, 0) is 13.5 Å². The molecule has 2 aromatic rings. The molecule has 0 radical (unpaired) electrons. The van der Waals surface area contributed by atoms with Gasteiger partial charge in [-0.2, -0.15) is 0 Å². The molecule has 0 saturated carbocycles. The van der Waals surface area contributed by atoms with Gasteiger partial charge in [0.2, 0.25) is 0 Å². The second-order valence-corrected chi connectivity index (χ2v) is 3.83. The van der Waals surface area contributed by atoms with E-state index >= 15 is 0 Å². The molecule has 2 heterocycles. The number of hydrogen-bond donors (Lipinski definition) is 1. The van der Waals surface area contributed by atoms with Crippen molar-refractivity contribution < 1.29 is 4.79 Å². The third kappa shape index (κ3) is 2.93. The summed E-state index contributed by atoms with van der Waals surface area (Å²) in [6.07, 6.45) is 4.36. The summed E-state index contributed by atoms with van der Waals surface area (Å²) in [7, 11) is 1.85. The lowest BCUT2D eigenvalue weighted by molar-refractivity contribution is 0.0946. The zero-order valence-electron chi connectivity index (χ0n) is 9.76. The van der Waals surface area contributed by atoms with Crippen molar-refractivity contribution in [2.45, 2.75) is 6.42 Å². The van der Waals surface area contributed by atoms with Gasteiger partial charge in [0.1, 0.15) is 5.69 Å². The van der Waals surface area contributed by atoms with Crippen molar-refractivity contribution >= 4 is 5.91 Å². The number of amides is 1. The molecule has 4 heteroatoms. The quantitative estimate of drug-likeness (QED) is 0.861. The van der Waals surface area contributed by atoms with Gasteiger partial charge in [0.15, 0.2) is 0 Å². The molecule has 0 spiro atoms. The molecule has 88 valence electrons. The topological polar surface area (TPSA) is 46.9 Å². The Balaban J connectivity index is 1.84. The van der Waals surface area contributed by atoms with E-state index in [9.17, 15) is 4.79 Å². The second-order valence-electron chi connectivity index (χ2n) is 3.83. The summed E-state index contributed by atoms with van der Waals surface area (Å²) >= 11 is 0. The van der Waals surface area contributed by atoms with Gasteiger partial charge in [-0.1, -0.05) is 6.07 Å². The predicted molar refractivity (Wildman–Crippen MR) is 65.7 cm³/mol. The Morgan fingerprint density at radius 1 is 1.35 bits per heavy atom. The molecule has 0 fully saturated rings. The van der Waals surface area contributed by atoms with Crippen LogP contribution in [0.2, 0.25) is 0 Å². The fourth-order valence-electron chi connectivity index (χ4n) is 1.64. The van der Waals surface area contributed by atoms with Crippen LogP contribution in [-0.4, -0.2) is 22.0 Å². The molecule has 0 atom stereocenters. The van der Waals surface area contributed by atoms with E-state index in [-0.39, 0.29) is 5.91 Å². The number of rotatable bonds is 4. The maximum absolute atomic E-state index is 11.8. The highest BCUT2D eigenvalue weighted by Gasteiger charge is 2.07. The molecule has 0 saturated heterocycles. The van der Waals surface area contributed by atoms with Crippen LogP contribution < -0.4 is 5.32 Å². The van der Waals surface area contributed by atoms with Crippen LogP contribution in [0, 0.1) is 0 Å². The van der Waals surface area contributed by atoms with E-state index in [1.165, 1.54) is 0 Å². The van der Waals surface area contributed by atoms with Crippen molar-refractivity contribution in [3.05, 3.63) is 54.1 Å². The summed E-state index contributed by atoms with van der Waals surface area (Å²) in [4.78, 5) is 16.0. The number of hydrogen-bond acceptors (Lipinski definition) is 2. The fourth-order valence-corrected chi connectivity index (χ4v) is 1.64. The van der Waals surface area contributed by atoms with Crippen LogP contribution in [0.15, 0.2) is 42.7 Å². The number of carbonyl (C=O) groups excluding carboxylic acids is 1. The highest BCUT2D eigenvalue weighted by molar-refractivity contribution is 5.92. The van der Waals surface area contributed by atoms with E-state index in [0.717, 1.165) is 12.1 Å². The molecule has 0 unspecified atom stereocenters. The predicted octanol–water partition coefficient (Wildman–Crippen LogP) is 1.39. The summed E-state index contributed by atoms with van der Waals surface area (Å²) in [6, 6.07) is 9.44. The van der Waals surface area contributed by atoms with Crippen LogP contribution in [0.5, 0.6) is 0 Å². The fraction of sp³-hybridized carbons (Fsp3) is 0.231. The van der Waals surface area contributed by atoms with Gasteiger partial charge in [-0.3, -0.25) is 9.78 Å². The highest BCUT2D eigenvalue weighted by Crippen LogP contribution is 1.99. The van der Waals surface area contributed by atoms with Crippen molar-refractivity contribution in [3.63, 3.8) is 0 Å². The Hall–Kier alpha value is -2.10. The molecule has 0 aliphatic rings. The Morgan fingerprint density at radius 3 is 2.88 bits per heavy atom. The normalized spacial score (nSPS) is 10.2. The van der Waals surface area contributed by atoms with E-state index in [1.807, 2.05) is 37.5 Å². The third-order valence-electron chi connectivity index (χ3n) is 2.57. The summed E-state index contributed by atoms with van der Waals surface area (Å²) in [5.74, 6) is -0.0477. The number of aryl methyl sites for hydroxylation is 1. The van der Waals surface area contributed by atoms with Crippen molar-refractivity contribution in [1.82, 2.24) is 14.9 Å². The van der Waals surface area contributed by atoms with Crippen LogP contribution >= 0.6 is 0 Å². The van der Waals surface area contributed by atoms with Crippen LogP contribution in [0.3, 0.4) is 0 Å². The highest BCUT2D eigenvalue weighted by atomic mass is 16.1. The maximum Gasteiger partial charge on any atom is 0.267 e. The van der Waals surface area contributed by atoms with Crippen molar-refractivity contribution in [1.29, 1.82) is 0 Å². The lowest BCUT2D eigenvalue weighted by Crippen LogP contribution is -2.27. The minimum absolute atomic E-state index is 0.0477. The molecule has 0 aliphatic carbocycles. The van der Waals surface area contributed by atoms with E-state index in [1.54, 1.807) is 16.8 Å². The summed E-state index contributed by atoms with van der Waals surface area (Å²) in [5, 5.41) is 2.87. The van der Waals surface area contributed by atoms with Crippen molar-refractivity contribution in [2.75, 3.05) is 6.54 Å². The molecule has 0 aliphatic heterocycles. The standard InChI is InChI=1S/C13H15N3O/c1-16-10-4-6-12(16)13(17)15-9-7-11-5-2-3-8-14-11/h2-6,8,10H,7,9H2,1H3,(H,15,17). The second kappa shape index (κ2) is 5.30. The van der Waals surface area contributed by atoms with Gasteiger partial charge in [0.25, 0.3) is 5.91 Å². The number of pyridine rings is 1. The van der Waals surface area contributed by atoms with E-state index in [2.05, 4.69) is 10.3 Å². The third-order valence-corrected chi connectivity index (χ3v) is 2.57. The van der Waals surface area contributed by atoms with Crippen LogP contribution in [0.1, 0.15) is 16.2 Å². The minimum Gasteiger partial charge on any atom is -0.350 e. The smallest absolute Gasteiger partial charge is 0.267 e. The average molecular weight is 229 g/mol. The van der Waals surface area contributed by atoms with E-state index in [4.69, 9.17) is 0 Å². The number of nitrogens with one attached hydrogen (secondary N) is 1. The van der Waals surface area contributed by atoms with Crippen LogP contribution in [0.25, 0.3) is 0 Å². The zero-order valence-corrected chi connectivity index (χ0v) is 9.76. The Labute approximate surface area is 100 Å². The van der Waals surface area contributed by atoms with Gasteiger partial charge >= 0.3 is 0 Å². The van der Waals surface area contributed by atoms with E-state index < -0.39 is 0 Å². The maximum atomic E-state index is 11.8. The first-order chi connectivity index (χ1) is 8.27. The monoisotopic (exact) mass is 229 g/mol. The molecule has 4 nitrogen and oxygen atoms in total. The number of carbonyl (C=O) groups is 1. The SMILES string of the molecule is Cn1cccc1C(=O)NCCc1ccccn1. The molecular formula is C13H15N3O. The lowest BCUT2D eigenvalue weighted by atomic mass is 10.2. The Bertz CT molecular complexity index is 490. The molecule has 2 rings (SSSR count). The van der Waals surface area contributed by atoms with Gasteiger partial charge in [-0.15, -0.1) is 0 Å². The average Bonchev–Trinajstić information content (AvgIpc) is 2.77. The summed E-state index contributed by atoms with van der Waals surface area (Å²) in [5.41, 5.74) is 1.66. The van der Waals surface area contributed by atoms with Gasteiger partial charge in [0, 0.05) is 38.1 Å². The van der Waals surface area contributed by atoms with Gasteiger partial charge in [-0.05, 0) is 24.3 Å². The first-order valence-corrected chi connectivity index (χ1v) is 5.57. The molecule has 2 aromatic heterocycles. The molecule has 17 heavy (non-hydrogen) atoms. The largest absolute Gasteiger partial charge is 0.350 e. The van der Waals surface area contributed by atoms with Gasteiger partial charge in [-0.25, -0.2) is 0 Å². The van der Waals surface area contributed by atoms with Gasteiger partial charge < -0.3 is 9.88 Å². The Kier molecular flexibility index (Phi) is 3.55. The molecule has 0 aromatic carbocycles. The van der Waals surface area contributed by atoms with E-state index in [0.29, 0.717) is 12.2 Å². The van der Waals surface area contributed by atoms with Crippen LogP contribution in [0.4, 0.5) is 0 Å². The van der Waals surface area contributed by atoms with Crippen molar-refractivity contribution in [2.24, 2.45) is 7.05 Å². The van der Waals surface area contributed by atoms with Gasteiger partial charge in [0.05, 0.1) is 0 Å². The zero-order chi connectivity index (χ0) is 12.1. The number of nitrogens with zero attached hydrogens (tertiary/aromatic N) is 2. The first-order valence-electron chi connectivity index (χ1n) is 5.57.